The number of piperidine rings is 1. The number of carbonyl (C=O) groups is 1. The van der Waals surface area contributed by atoms with Gasteiger partial charge in [-0.05, 0) is 60.5 Å². The summed E-state index contributed by atoms with van der Waals surface area (Å²) in [6, 6.07) is 2.20. The minimum atomic E-state index is -0.172. The molecule has 3 aliphatic heterocycles. The smallest absolute Gasteiger partial charge is 0.251 e. The number of nitrogens with zero attached hydrogens (tertiary/aromatic N) is 2. The molecule has 0 bridgehead atoms. The van der Waals surface area contributed by atoms with Crippen LogP contribution in [0, 0.1) is 5.92 Å². The summed E-state index contributed by atoms with van der Waals surface area (Å²) in [5.74, 6) is 0.826. The van der Waals surface area contributed by atoms with Crippen molar-refractivity contribution in [3.8, 4) is 0 Å². The third-order valence-electron chi connectivity index (χ3n) is 5.32. The Morgan fingerprint density at radius 3 is 2.95 bits per heavy atom. The highest BCUT2D eigenvalue weighted by atomic mass is 32.1. The molecule has 1 aromatic heterocycles. The fourth-order valence-corrected chi connectivity index (χ4v) is 4.74. The van der Waals surface area contributed by atoms with E-state index in [0.29, 0.717) is 5.92 Å². The van der Waals surface area contributed by atoms with Gasteiger partial charge < -0.3 is 9.64 Å². The van der Waals surface area contributed by atoms with Crippen molar-refractivity contribution in [2.75, 3.05) is 26.2 Å². The van der Waals surface area contributed by atoms with Crippen LogP contribution in [-0.2, 0) is 16.1 Å². The van der Waals surface area contributed by atoms with Gasteiger partial charge in [-0.3, -0.25) is 9.69 Å². The van der Waals surface area contributed by atoms with Crippen molar-refractivity contribution in [3.63, 3.8) is 0 Å². The summed E-state index contributed by atoms with van der Waals surface area (Å²) < 4.78 is 6.16. The molecule has 0 N–H and O–H groups in total. The summed E-state index contributed by atoms with van der Waals surface area (Å²) in [4.78, 5) is 17.0. The highest BCUT2D eigenvalue weighted by Gasteiger charge is 2.43. The largest absolute Gasteiger partial charge is 0.364 e. The summed E-state index contributed by atoms with van der Waals surface area (Å²) in [7, 11) is 0. The number of ether oxygens (including phenoxy) is 1. The topological polar surface area (TPSA) is 32.8 Å². The number of hydrogen-bond acceptors (Lipinski definition) is 4. The van der Waals surface area contributed by atoms with E-state index >= 15 is 0 Å². The Hall–Kier alpha value is -0.910. The van der Waals surface area contributed by atoms with E-state index in [0.717, 1.165) is 52.0 Å². The SMILES string of the molecule is O=C([C@H]1C[C@@H]2CCN(Cc3ccsc3)C[C@@H]2O1)N1CCCC1. The van der Waals surface area contributed by atoms with Crippen LogP contribution >= 0.6 is 11.3 Å². The summed E-state index contributed by atoms with van der Waals surface area (Å²) >= 11 is 1.76. The van der Waals surface area contributed by atoms with Crippen LogP contribution in [-0.4, -0.2) is 54.1 Å². The Kier molecular flexibility index (Phi) is 4.20. The van der Waals surface area contributed by atoms with Gasteiger partial charge in [0.1, 0.15) is 6.10 Å². The molecular formula is C17H24N2O2S. The number of amides is 1. The lowest BCUT2D eigenvalue weighted by molar-refractivity contribution is -0.142. The summed E-state index contributed by atoms with van der Waals surface area (Å²) in [6.07, 6.45) is 4.49. The van der Waals surface area contributed by atoms with Gasteiger partial charge in [-0.25, -0.2) is 0 Å². The molecule has 3 saturated heterocycles. The van der Waals surface area contributed by atoms with Gasteiger partial charge in [0.05, 0.1) is 6.10 Å². The maximum absolute atomic E-state index is 12.5. The van der Waals surface area contributed by atoms with Gasteiger partial charge in [-0.15, -0.1) is 0 Å². The lowest BCUT2D eigenvalue weighted by atomic mass is 9.91. The van der Waals surface area contributed by atoms with Gasteiger partial charge in [-0.2, -0.15) is 11.3 Å². The quantitative estimate of drug-likeness (QED) is 0.857. The number of fused-ring (bicyclic) bond motifs is 1. The fraction of sp³-hybridized carbons (Fsp3) is 0.706. The highest BCUT2D eigenvalue weighted by molar-refractivity contribution is 7.07. The standard InChI is InChI=1S/C17H24N2O2S/c20-17(19-5-1-2-6-19)15-9-14-3-7-18(11-16(14)21-15)10-13-4-8-22-12-13/h4,8,12,14-16H,1-3,5-7,9-11H2/t14-,15+,16-/m0/s1. The van der Waals surface area contributed by atoms with Gasteiger partial charge in [0.25, 0.3) is 5.91 Å². The maximum Gasteiger partial charge on any atom is 0.251 e. The normalized spacial score (nSPS) is 32.4. The van der Waals surface area contributed by atoms with Gasteiger partial charge in [0, 0.05) is 26.2 Å². The van der Waals surface area contributed by atoms with Crippen LogP contribution in [0.1, 0.15) is 31.2 Å². The summed E-state index contributed by atoms with van der Waals surface area (Å²) in [5.41, 5.74) is 1.39. The Morgan fingerprint density at radius 1 is 1.32 bits per heavy atom. The molecule has 0 radical (unpaired) electrons. The molecule has 1 aromatic rings. The number of rotatable bonds is 3. The summed E-state index contributed by atoms with van der Waals surface area (Å²) in [6.45, 7) is 4.98. The van der Waals surface area contributed by atoms with Crippen LogP contribution in [0.3, 0.4) is 0 Å². The number of hydrogen-bond donors (Lipinski definition) is 0. The second-order valence-electron chi connectivity index (χ2n) is 6.85. The Morgan fingerprint density at radius 2 is 2.18 bits per heavy atom. The molecule has 22 heavy (non-hydrogen) atoms. The van der Waals surface area contributed by atoms with Crippen molar-refractivity contribution in [2.24, 2.45) is 5.92 Å². The van der Waals surface area contributed by atoms with Gasteiger partial charge in [0.15, 0.2) is 0 Å². The monoisotopic (exact) mass is 320 g/mol. The van der Waals surface area contributed by atoms with Crippen LogP contribution in [0.4, 0.5) is 0 Å². The molecule has 0 aromatic carbocycles. The van der Waals surface area contributed by atoms with E-state index in [1.54, 1.807) is 11.3 Å². The van der Waals surface area contributed by atoms with E-state index in [1.165, 1.54) is 12.0 Å². The zero-order valence-corrected chi connectivity index (χ0v) is 13.8. The predicted octanol–water partition coefficient (Wildman–Crippen LogP) is 2.35. The first kappa shape index (κ1) is 14.7. The first-order valence-electron chi connectivity index (χ1n) is 8.47. The minimum absolute atomic E-state index is 0.172. The van der Waals surface area contributed by atoms with E-state index < -0.39 is 0 Å². The van der Waals surface area contributed by atoms with Gasteiger partial charge in [0.2, 0.25) is 0 Å². The average Bonchev–Trinajstić information content (AvgIpc) is 3.27. The average molecular weight is 320 g/mol. The van der Waals surface area contributed by atoms with E-state index in [4.69, 9.17) is 4.74 Å². The molecule has 5 heteroatoms. The first-order valence-corrected chi connectivity index (χ1v) is 9.41. The van der Waals surface area contributed by atoms with Crippen molar-refractivity contribution in [1.82, 2.24) is 9.80 Å². The maximum atomic E-state index is 12.5. The van der Waals surface area contributed by atoms with Crippen LogP contribution in [0.15, 0.2) is 16.8 Å². The van der Waals surface area contributed by atoms with Crippen molar-refractivity contribution < 1.29 is 9.53 Å². The first-order chi connectivity index (χ1) is 10.8. The molecule has 1 amide bonds. The lowest BCUT2D eigenvalue weighted by Crippen LogP contribution is -2.42. The molecular weight excluding hydrogens is 296 g/mol. The van der Waals surface area contributed by atoms with Crippen LogP contribution in [0.25, 0.3) is 0 Å². The molecule has 0 saturated carbocycles. The van der Waals surface area contributed by atoms with Gasteiger partial charge >= 0.3 is 0 Å². The highest BCUT2D eigenvalue weighted by Crippen LogP contribution is 2.34. The van der Waals surface area contributed by atoms with Crippen LogP contribution in [0.5, 0.6) is 0 Å². The molecule has 3 atom stereocenters. The van der Waals surface area contributed by atoms with E-state index in [2.05, 4.69) is 21.7 Å². The number of carbonyl (C=O) groups excluding carboxylic acids is 1. The van der Waals surface area contributed by atoms with Crippen LogP contribution in [0.2, 0.25) is 0 Å². The molecule has 4 nitrogen and oxygen atoms in total. The molecule has 0 spiro atoms. The van der Waals surface area contributed by atoms with Crippen molar-refractivity contribution in [1.29, 1.82) is 0 Å². The third-order valence-corrected chi connectivity index (χ3v) is 6.05. The minimum Gasteiger partial charge on any atom is -0.364 e. The van der Waals surface area contributed by atoms with Gasteiger partial charge in [-0.1, -0.05) is 0 Å². The molecule has 4 heterocycles. The Balaban J connectivity index is 1.34. The fourth-order valence-electron chi connectivity index (χ4n) is 4.08. The zero-order chi connectivity index (χ0) is 14.9. The van der Waals surface area contributed by atoms with E-state index in [1.807, 2.05) is 4.90 Å². The zero-order valence-electron chi connectivity index (χ0n) is 12.9. The van der Waals surface area contributed by atoms with Crippen molar-refractivity contribution in [3.05, 3.63) is 22.4 Å². The lowest BCUT2D eigenvalue weighted by Gasteiger charge is -2.33. The number of thiophene rings is 1. The summed E-state index contributed by atoms with van der Waals surface area (Å²) in [5, 5.41) is 4.36. The Bertz CT molecular complexity index is 513. The third kappa shape index (κ3) is 2.94. The second-order valence-corrected chi connectivity index (χ2v) is 7.63. The van der Waals surface area contributed by atoms with Crippen molar-refractivity contribution in [2.45, 2.75) is 44.4 Å². The second kappa shape index (κ2) is 6.30. The number of likely N-dealkylation sites (tertiary alicyclic amines) is 2. The molecule has 120 valence electrons. The van der Waals surface area contributed by atoms with E-state index in [9.17, 15) is 4.79 Å². The molecule has 0 unspecified atom stereocenters. The molecule has 0 aliphatic carbocycles. The molecule has 4 rings (SSSR count). The Labute approximate surface area is 136 Å². The van der Waals surface area contributed by atoms with E-state index in [-0.39, 0.29) is 18.1 Å². The predicted molar refractivity (Wildman–Crippen MR) is 86.8 cm³/mol. The van der Waals surface area contributed by atoms with Crippen LogP contribution < -0.4 is 0 Å². The van der Waals surface area contributed by atoms with Crippen molar-refractivity contribution >= 4 is 17.2 Å². The molecule has 3 aliphatic rings. The molecule has 3 fully saturated rings.